The summed E-state index contributed by atoms with van der Waals surface area (Å²) in [6, 6.07) is 4.94. The molecule has 58 valence electrons. The van der Waals surface area contributed by atoms with E-state index in [0.29, 0.717) is 12.5 Å². The molecule has 0 spiro atoms. The molecule has 2 N–H and O–H groups in total. The van der Waals surface area contributed by atoms with E-state index in [1.807, 2.05) is 6.07 Å². The summed E-state index contributed by atoms with van der Waals surface area (Å²) in [5.41, 5.74) is 7.83. The first-order valence-corrected chi connectivity index (χ1v) is 3.79. The monoisotopic (exact) mass is 151 g/mol. The van der Waals surface area contributed by atoms with Crippen molar-refractivity contribution in [3.63, 3.8) is 0 Å². The Morgan fingerprint density at radius 2 is 2.36 bits per heavy atom. The highest BCUT2D eigenvalue weighted by atomic mass is 19.1. The van der Waals surface area contributed by atoms with E-state index in [1.54, 1.807) is 6.07 Å². The molecule has 0 aromatic heterocycles. The van der Waals surface area contributed by atoms with Gasteiger partial charge in [0, 0.05) is 5.92 Å². The molecule has 0 heterocycles. The predicted octanol–water partition coefficient (Wildman–Crippen LogP) is 1.42. The van der Waals surface area contributed by atoms with Gasteiger partial charge in [0.15, 0.2) is 0 Å². The lowest BCUT2D eigenvalue weighted by Gasteiger charge is -2.28. The SMILES string of the molecule is NC[C@@H]1Cc2ccc(F)cc21. The highest BCUT2D eigenvalue weighted by molar-refractivity contribution is 5.40. The molecule has 0 saturated carbocycles. The van der Waals surface area contributed by atoms with E-state index in [9.17, 15) is 4.39 Å². The van der Waals surface area contributed by atoms with Gasteiger partial charge in [0.25, 0.3) is 0 Å². The van der Waals surface area contributed by atoms with Crippen LogP contribution in [0.4, 0.5) is 4.39 Å². The van der Waals surface area contributed by atoms with Crippen LogP contribution in [-0.4, -0.2) is 6.54 Å². The van der Waals surface area contributed by atoms with Crippen molar-refractivity contribution in [2.75, 3.05) is 6.54 Å². The second kappa shape index (κ2) is 2.31. The minimum absolute atomic E-state index is 0.151. The average molecular weight is 151 g/mol. The minimum Gasteiger partial charge on any atom is -0.330 e. The molecule has 0 saturated heterocycles. The average Bonchev–Trinajstić information content (AvgIpc) is 1.97. The number of hydrogen-bond acceptors (Lipinski definition) is 1. The molecule has 0 unspecified atom stereocenters. The molecule has 0 amide bonds. The van der Waals surface area contributed by atoms with E-state index in [0.717, 1.165) is 12.0 Å². The van der Waals surface area contributed by atoms with Gasteiger partial charge in [-0.3, -0.25) is 0 Å². The van der Waals surface area contributed by atoms with Gasteiger partial charge in [-0.2, -0.15) is 0 Å². The van der Waals surface area contributed by atoms with Crippen LogP contribution in [-0.2, 0) is 6.42 Å². The lowest BCUT2D eigenvalue weighted by atomic mass is 9.78. The Kier molecular flexibility index (Phi) is 1.43. The minimum atomic E-state index is -0.151. The zero-order chi connectivity index (χ0) is 7.84. The zero-order valence-corrected chi connectivity index (χ0v) is 6.18. The van der Waals surface area contributed by atoms with E-state index in [1.165, 1.54) is 11.6 Å². The van der Waals surface area contributed by atoms with Crippen molar-refractivity contribution in [2.24, 2.45) is 5.73 Å². The number of rotatable bonds is 1. The number of benzene rings is 1. The summed E-state index contributed by atoms with van der Waals surface area (Å²) in [5, 5.41) is 0. The van der Waals surface area contributed by atoms with Crippen molar-refractivity contribution in [3.8, 4) is 0 Å². The fraction of sp³-hybridized carbons (Fsp3) is 0.333. The molecule has 0 bridgehead atoms. The maximum absolute atomic E-state index is 12.7. The van der Waals surface area contributed by atoms with Crippen LogP contribution < -0.4 is 5.73 Å². The highest BCUT2D eigenvalue weighted by Gasteiger charge is 2.24. The first-order chi connectivity index (χ1) is 5.31. The molecule has 2 rings (SSSR count). The molecule has 1 aromatic rings. The van der Waals surface area contributed by atoms with Crippen LogP contribution in [0.15, 0.2) is 18.2 Å². The van der Waals surface area contributed by atoms with Crippen molar-refractivity contribution < 1.29 is 4.39 Å². The van der Waals surface area contributed by atoms with Gasteiger partial charge in [0.2, 0.25) is 0 Å². The summed E-state index contributed by atoms with van der Waals surface area (Å²) < 4.78 is 12.7. The van der Waals surface area contributed by atoms with E-state index in [4.69, 9.17) is 5.73 Å². The Bertz CT molecular complexity index is 283. The lowest BCUT2D eigenvalue weighted by molar-refractivity contribution is 0.583. The normalized spacial score (nSPS) is 20.7. The third-order valence-electron chi connectivity index (χ3n) is 2.30. The number of hydrogen-bond donors (Lipinski definition) is 1. The number of nitrogens with two attached hydrogens (primary N) is 1. The first kappa shape index (κ1) is 6.80. The summed E-state index contributed by atoms with van der Waals surface area (Å²) in [6.07, 6.45) is 1.02. The molecule has 0 fully saturated rings. The molecule has 0 aliphatic heterocycles. The first-order valence-electron chi connectivity index (χ1n) is 3.79. The van der Waals surface area contributed by atoms with Crippen LogP contribution in [0.2, 0.25) is 0 Å². The van der Waals surface area contributed by atoms with Crippen molar-refractivity contribution in [2.45, 2.75) is 12.3 Å². The molecule has 1 aliphatic rings. The summed E-state index contributed by atoms with van der Waals surface area (Å²) in [7, 11) is 0. The van der Waals surface area contributed by atoms with Gasteiger partial charge in [-0.05, 0) is 36.2 Å². The van der Waals surface area contributed by atoms with Gasteiger partial charge in [-0.15, -0.1) is 0 Å². The summed E-state index contributed by atoms with van der Waals surface area (Å²) in [4.78, 5) is 0. The van der Waals surface area contributed by atoms with Crippen LogP contribution >= 0.6 is 0 Å². The maximum atomic E-state index is 12.7. The van der Waals surface area contributed by atoms with E-state index in [-0.39, 0.29) is 5.82 Å². The van der Waals surface area contributed by atoms with Gasteiger partial charge in [-0.1, -0.05) is 6.07 Å². The fourth-order valence-corrected chi connectivity index (χ4v) is 1.59. The van der Waals surface area contributed by atoms with Gasteiger partial charge < -0.3 is 5.73 Å². The zero-order valence-electron chi connectivity index (χ0n) is 6.18. The lowest BCUT2D eigenvalue weighted by Crippen LogP contribution is -2.24. The van der Waals surface area contributed by atoms with Gasteiger partial charge in [0.1, 0.15) is 5.82 Å². The predicted molar refractivity (Wildman–Crippen MR) is 41.9 cm³/mol. The van der Waals surface area contributed by atoms with E-state index in [2.05, 4.69) is 0 Å². The van der Waals surface area contributed by atoms with Crippen LogP contribution in [0.3, 0.4) is 0 Å². The molecule has 11 heavy (non-hydrogen) atoms. The van der Waals surface area contributed by atoms with Gasteiger partial charge in [-0.25, -0.2) is 4.39 Å². The second-order valence-corrected chi connectivity index (χ2v) is 2.98. The molecule has 1 aromatic carbocycles. The van der Waals surface area contributed by atoms with Crippen LogP contribution in [0.1, 0.15) is 17.0 Å². The number of fused-ring (bicyclic) bond motifs is 1. The highest BCUT2D eigenvalue weighted by Crippen LogP contribution is 2.34. The Balaban J connectivity index is 2.37. The summed E-state index contributed by atoms with van der Waals surface area (Å²) >= 11 is 0. The van der Waals surface area contributed by atoms with Crippen molar-refractivity contribution >= 4 is 0 Å². The molecular weight excluding hydrogens is 141 g/mol. The summed E-state index contributed by atoms with van der Waals surface area (Å²) in [6.45, 7) is 0.635. The third kappa shape index (κ3) is 0.942. The topological polar surface area (TPSA) is 26.0 Å². The second-order valence-electron chi connectivity index (χ2n) is 2.98. The van der Waals surface area contributed by atoms with Crippen molar-refractivity contribution in [1.29, 1.82) is 0 Å². The Hall–Kier alpha value is -0.890. The third-order valence-corrected chi connectivity index (χ3v) is 2.30. The van der Waals surface area contributed by atoms with Crippen LogP contribution in [0.5, 0.6) is 0 Å². The Morgan fingerprint density at radius 3 is 3.09 bits per heavy atom. The van der Waals surface area contributed by atoms with Gasteiger partial charge in [0.05, 0.1) is 0 Å². The fourth-order valence-electron chi connectivity index (χ4n) is 1.59. The van der Waals surface area contributed by atoms with Crippen LogP contribution in [0, 0.1) is 5.82 Å². The van der Waals surface area contributed by atoms with Crippen molar-refractivity contribution in [1.82, 2.24) is 0 Å². The largest absolute Gasteiger partial charge is 0.330 e. The van der Waals surface area contributed by atoms with Crippen LogP contribution in [0.25, 0.3) is 0 Å². The number of halogens is 1. The van der Waals surface area contributed by atoms with E-state index < -0.39 is 0 Å². The Morgan fingerprint density at radius 1 is 1.55 bits per heavy atom. The summed E-state index contributed by atoms with van der Waals surface area (Å²) in [5.74, 6) is 0.252. The van der Waals surface area contributed by atoms with Gasteiger partial charge >= 0.3 is 0 Å². The molecule has 2 heteroatoms. The maximum Gasteiger partial charge on any atom is 0.123 e. The molecular formula is C9H10FN. The standard InChI is InChI=1S/C9H10FN/c10-8-2-1-6-3-7(5-11)9(6)4-8/h1-2,4,7H,3,5,11H2/t7-/m0/s1. The smallest absolute Gasteiger partial charge is 0.123 e. The van der Waals surface area contributed by atoms with E-state index >= 15 is 0 Å². The molecule has 1 atom stereocenters. The molecule has 0 radical (unpaired) electrons. The van der Waals surface area contributed by atoms with Crippen molar-refractivity contribution in [3.05, 3.63) is 35.1 Å². The molecule has 1 aliphatic carbocycles. The Labute approximate surface area is 65.0 Å². The molecule has 1 nitrogen and oxygen atoms in total. The quantitative estimate of drug-likeness (QED) is 0.645.